The van der Waals surface area contributed by atoms with Gasteiger partial charge in [0.25, 0.3) is 11.8 Å². The number of hydrogen-bond acceptors (Lipinski definition) is 4. The van der Waals surface area contributed by atoms with Gasteiger partial charge in [-0.2, -0.15) is 0 Å². The molecule has 1 aliphatic heterocycles. The van der Waals surface area contributed by atoms with Gasteiger partial charge in [-0.1, -0.05) is 18.2 Å². The highest BCUT2D eigenvalue weighted by Crippen LogP contribution is 2.29. The summed E-state index contributed by atoms with van der Waals surface area (Å²) in [5.74, 6) is -0.434. The zero-order chi connectivity index (χ0) is 21.3. The Morgan fingerprint density at radius 2 is 1.50 bits per heavy atom. The first-order chi connectivity index (χ1) is 14.3. The second-order valence-electron chi connectivity index (χ2n) is 7.16. The van der Waals surface area contributed by atoms with Gasteiger partial charge in [-0.05, 0) is 66.6 Å². The van der Waals surface area contributed by atoms with E-state index in [1.54, 1.807) is 29.2 Å². The summed E-state index contributed by atoms with van der Waals surface area (Å²) < 4.78 is 23.0. The predicted octanol–water partition coefficient (Wildman–Crippen LogP) is 3.55. The van der Waals surface area contributed by atoms with Gasteiger partial charge in [-0.15, -0.1) is 0 Å². The molecule has 3 aromatic carbocycles. The molecule has 0 atom stereocenters. The van der Waals surface area contributed by atoms with Gasteiger partial charge in [0.15, 0.2) is 9.84 Å². The molecule has 0 saturated heterocycles. The maximum Gasteiger partial charge on any atom is 0.258 e. The summed E-state index contributed by atoms with van der Waals surface area (Å²) in [6.45, 7) is 0.653. The van der Waals surface area contributed by atoms with E-state index in [-0.39, 0.29) is 16.7 Å². The van der Waals surface area contributed by atoms with E-state index in [0.29, 0.717) is 23.4 Å². The number of hydrogen-bond donors (Lipinski definition) is 1. The van der Waals surface area contributed by atoms with Crippen molar-refractivity contribution in [2.24, 2.45) is 0 Å². The molecule has 2 amide bonds. The van der Waals surface area contributed by atoms with Crippen molar-refractivity contribution in [1.29, 1.82) is 0 Å². The van der Waals surface area contributed by atoms with E-state index in [4.69, 9.17) is 0 Å². The smallest absolute Gasteiger partial charge is 0.258 e. The number of para-hydroxylation sites is 1. The Bertz CT molecular complexity index is 1220. The SMILES string of the molecule is CS(=O)(=O)c1ccc(C(=O)Nc2ccc(C(=O)N3CCc4ccccc43)cc2)cc1. The Morgan fingerprint density at radius 1 is 0.867 bits per heavy atom. The Labute approximate surface area is 175 Å². The lowest BCUT2D eigenvalue weighted by atomic mass is 10.1. The molecular formula is C23H20N2O4S. The molecule has 0 spiro atoms. The number of carbonyl (C=O) groups excluding carboxylic acids is 2. The summed E-state index contributed by atoms with van der Waals surface area (Å²) in [6, 6.07) is 20.3. The predicted molar refractivity (Wildman–Crippen MR) is 116 cm³/mol. The average molecular weight is 420 g/mol. The van der Waals surface area contributed by atoms with Crippen LogP contribution in [0, 0.1) is 0 Å². The summed E-state index contributed by atoms with van der Waals surface area (Å²) in [6.07, 6.45) is 1.96. The van der Waals surface area contributed by atoms with E-state index < -0.39 is 9.84 Å². The van der Waals surface area contributed by atoms with Crippen LogP contribution in [0.25, 0.3) is 0 Å². The lowest BCUT2D eigenvalue weighted by Gasteiger charge is -2.17. The van der Waals surface area contributed by atoms with Gasteiger partial charge >= 0.3 is 0 Å². The molecule has 3 aromatic rings. The molecule has 30 heavy (non-hydrogen) atoms. The molecule has 1 aliphatic rings. The Kier molecular flexibility index (Phi) is 5.13. The molecule has 1 heterocycles. The van der Waals surface area contributed by atoms with Crippen LogP contribution >= 0.6 is 0 Å². The fourth-order valence-electron chi connectivity index (χ4n) is 3.46. The largest absolute Gasteiger partial charge is 0.322 e. The number of fused-ring (bicyclic) bond motifs is 1. The summed E-state index contributed by atoms with van der Waals surface area (Å²) in [5, 5.41) is 2.75. The average Bonchev–Trinajstić information content (AvgIpc) is 3.17. The van der Waals surface area contributed by atoms with E-state index in [2.05, 4.69) is 5.32 Å². The molecule has 152 valence electrons. The van der Waals surface area contributed by atoms with Crippen LogP contribution in [-0.4, -0.2) is 33.0 Å². The van der Waals surface area contributed by atoms with Gasteiger partial charge in [0.05, 0.1) is 4.90 Å². The highest BCUT2D eigenvalue weighted by Gasteiger charge is 2.25. The maximum atomic E-state index is 12.9. The minimum Gasteiger partial charge on any atom is -0.322 e. The number of nitrogens with one attached hydrogen (secondary N) is 1. The van der Waals surface area contributed by atoms with Crippen LogP contribution in [0.3, 0.4) is 0 Å². The molecule has 4 rings (SSSR count). The number of nitrogens with zero attached hydrogens (tertiary/aromatic N) is 1. The molecule has 1 N–H and O–H groups in total. The van der Waals surface area contributed by atoms with Gasteiger partial charge in [0.1, 0.15) is 0 Å². The number of anilines is 2. The van der Waals surface area contributed by atoms with Crippen molar-refractivity contribution in [3.05, 3.63) is 89.5 Å². The minimum absolute atomic E-state index is 0.0748. The van der Waals surface area contributed by atoms with Gasteiger partial charge in [-0.25, -0.2) is 8.42 Å². The number of rotatable bonds is 4. The lowest BCUT2D eigenvalue weighted by molar-refractivity contribution is 0.0988. The molecule has 0 saturated carbocycles. The van der Waals surface area contributed by atoms with Crippen LogP contribution < -0.4 is 10.2 Å². The van der Waals surface area contributed by atoms with Crippen LogP contribution in [0.1, 0.15) is 26.3 Å². The molecule has 0 fully saturated rings. The quantitative estimate of drug-likeness (QED) is 0.700. The van der Waals surface area contributed by atoms with Crippen LogP contribution in [0.15, 0.2) is 77.7 Å². The van der Waals surface area contributed by atoms with Crippen molar-refractivity contribution >= 4 is 33.0 Å². The number of amides is 2. The van der Waals surface area contributed by atoms with Gasteiger partial charge < -0.3 is 10.2 Å². The fraction of sp³-hybridized carbons (Fsp3) is 0.130. The zero-order valence-corrected chi connectivity index (χ0v) is 17.1. The molecule has 0 aliphatic carbocycles. The third kappa shape index (κ3) is 3.97. The van der Waals surface area contributed by atoms with E-state index in [1.165, 1.54) is 24.3 Å². The minimum atomic E-state index is -3.31. The van der Waals surface area contributed by atoms with Gasteiger partial charge in [-0.3, -0.25) is 9.59 Å². The first-order valence-corrected chi connectivity index (χ1v) is 11.3. The van der Waals surface area contributed by atoms with Crippen molar-refractivity contribution in [2.45, 2.75) is 11.3 Å². The second-order valence-corrected chi connectivity index (χ2v) is 9.18. The molecule has 0 bridgehead atoms. The first-order valence-electron chi connectivity index (χ1n) is 9.44. The van der Waals surface area contributed by atoms with Crippen LogP contribution in [0.4, 0.5) is 11.4 Å². The molecule has 0 aromatic heterocycles. The molecular weight excluding hydrogens is 400 g/mol. The van der Waals surface area contributed by atoms with Crippen LogP contribution in [-0.2, 0) is 16.3 Å². The van der Waals surface area contributed by atoms with E-state index in [9.17, 15) is 18.0 Å². The molecule has 7 heteroatoms. The maximum absolute atomic E-state index is 12.9. The van der Waals surface area contributed by atoms with E-state index in [1.807, 2.05) is 24.3 Å². The van der Waals surface area contributed by atoms with Gasteiger partial charge in [0.2, 0.25) is 0 Å². The summed E-state index contributed by atoms with van der Waals surface area (Å²) in [4.78, 5) is 27.2. The summed E-state index contributed by atoms with van der Waals surface area (Å²) in [5.41, 5.74) is 3.54. The third-order valence-electron chi connectivity index (χ3n) is 5.07. The Morgan fingerprint density at radius 3 is 2.17 bits per heavy atom. The Hall–Kier alpha value is -3.45. The van der Waals surface area contributed by atoms with E-state index in [0.717, 1.165) is 23.9 Å². The number of benzene rings is 3. The van der Waals surface area contributed by atoms with Crippen molar-refractivity contribution in [3.8, 4) is 0 Å². The van der Waals surface area contributed by atoms with Crippen molar-refractivity contribution in [3.63, 3.8) is 0 Å². The molecule has 0 unspecified atom stereocenters. The third-order valence-corrected chi connectivity index (χ3v) is 6.20. The molecule has 6 nitrogen and oxygen atoms in total. The van der Waals surface area contributed by atoms with Crippen LogP contribution in [0.5, 0.6) is 0 Å². The highest BCUT2D eigenvalue weighted by atomic mass is 32.2. The summed E-state index contributed by atoms with van der Waals surface area (Å²) in [7, 11) is -3.31. The summed E-state index contributed by atoms with van der Waals surface area (Å²) >= 11 is 0. The lowest BCUT2D eigenvalue weighted by Crippen LogP contribution is -2.28. The van der Waals surface area contributed by atoms with Crippen molar-refractivity contribution < 1.29 is 18.0 Å². The van der Waals surface area contributed by atoms with Gasteiger partial charge in [0, 0.05) is 35.3 Å². The zero-order valence-electron chi connectivity index (χ0n) is 16.3. The number of sulfone groups is 1. The topological polar surface area (TPSA) is 83.5 Å². The second kappa shape index (κ2) is 7.76. The number of carbonyl (C=O) groups is 2. The fourth-order valence-corrected chi connectivity index (χ4v) is 4.09. The molecule has 0 radical (unpaired) electrons. The van der Waals surface area contributed by atoms with Crippen molar-refractivity contribution in [1.82, 2.24) is 0 Å². The van der Waals surface area contributed by atoms with Crippen molar-refractivity contribution in [2.75, 3.05) is 23.0 Å². The monoisotopic (exact) mass is 420 g/mol. The van der Waals surface area contributed by atoms with E-state index >= 15 is 0 Å². The standard InChI is InChI=1S/C23H20N2O4S/c1-30(28,29)20-12-8-17(9-13-20)22(26)24-19-10-6-18(7-11-19)23(27)25-15-14-16-4-2-3-5-21(16)25/h2-13H,14-15H2,1H3,(H,24,26). The first kappa shape index (κ1) is 19.8. The highest BCUT2D eigenvalue weighted by molar-refractivity contribution is 7.90. The normalized spacial score (nSPS) is 13.0. The Balaban J connectivity index is 1.45. The van der Waals surface area contributed by atoms with Crippen LogP contribution in [0.2, 0.25) is 0 Å².